The molecule has 2 heteroatoms. The molecule has 0 bridgehead atoms. The van der Waals surface area contributed by atoms with Crippen LogP contribution in [0.3, 0.4) is 0 Å². The molecule has 0 aromatic heterocycles. The van der Waals surface area contributed by atoms with Crippen molar-refractivity contribution in [2.24, 2.45) is 0 Å². The molecule has 2 rings (SSSR count). The van der Waals surface area contributed by atoms with E-state index in [0.29, 0.717) is 6.42 Å². The topological polar surface area (TPSA) is 20.3 Å². The van der Waals surface area contributed by atoms with Gasteiger partial charge in [0.2, 0.25) is 5.91 Å². The van der Waals surface area contributed by atoms with E-state index in [0.717, 1.165) is 25.1 Å². The number of carbonyl (C=O) groups excluding carboxylic acids is 1. The predicted octanol–water partition coefficient (Wildman–Crippen LogP) is 2.02. The van der Waals surface area contributed by atoms with Gasteiger partial charge in [0, 0.05) is 13.1 Å². The smallest absolute Gasteiger partial charge is 0.226 e. The van der Waals surface area contributed by atoms with Crippen LogP contribution in [0.15, 0.2) is 24.3 Å². The average molecular weight is 203 g/mol. The van der Waals surface area contributed by atoms with Crippen LogP contribution < -0.4 is 0 Å². The zero-order valence-electron chi connectivity index (χ0n) is 9.20. The summed E-state index contributed by atoms with van der Waals surface area (Å²) in [4.78, 5) is 13.6. The van der Waals surface area contributed by atoms with Crippen molar-refractivity contribution in [1.82, 2.24) is 4.90 Å². The third kappa shape index (κ3) is 2.38. The molecule has 0 radical (unpaired) electrons. The molecule has 80 valence electrons. The zero-order chi connectivity index (χ0) is 10.7. The van der Waals surface area contributed by atoms with Crippen LogP contribution in [0.1, 0.15) is 24.5 Å². The van der Waals surface area contributed by atoms with E-state index in [9.17, 15) is 4.79 Å². The molecule has 1 aliphatic heterocycles. The maximum Gasteiger partial charge on any atom is 0.226 e. The fourth-order valence-electron chi connectivity index (χ4n) is 1.74. The van der Waals surface area contributed by atoms with Crippen molar-refractivity contribution in [3.63, 3.8) is 0 Å². The Bertz CT molecular complexity index is 338. The number of carbonyl (C=O) groups is 1. The SMILES string of the molecule is CCc1ccc(CC(=O)N2CCC2)cc1. The molecule has 1 saturated heterocycles. The van der Waals surface area contributed by atoms with Gasteiger partial charge in [0.05, 0.1) is 6.42 Å². The quantitative estimate of drug-likeness (QED) is 0.736. The van der Waals surface area contributed by atoms with Crippen LogP contribution in [0.5, 0.6) is 0 Å². The molecule has 1 aliphatic rings. The predicted molar refractivity (Wildman–Crippen MR) is 60.7 cm³/mol. The van der Waals surface area contributed by atoms with E-state index in [1.165, 1.54) is 12.0 Å². The van der Waals surface area contributed by atoms with E-state index in [1.807, 2.05) is 4.90 Å². The molecular formula is C13H17NO. The Morgan fingerprint density at radius 2 is 1.80 bits per heavy atom. The van der Waals surface area contributed by atoms with Crippen molar-refractivity contribution < 1.29 is 4.79 Å². The summed E-state index contributed by atoms with van der Waals surface area (Å²) in [6.07, 6.45) is 2.78. The van der Waals surface area contributed by atoms with Crippen molar-refractivity contribution in [1.29, 1.82) is 0 Å². The Labute approximate surface area is 90.9 Å². The van der Waals surface area contributed by atoms with Crippen molar-refractivity contribution in [2.45, 2.75) is 26.2 Å². The summed E-state index contributed by atoms with van der Waals surface area (Å²) in [5.74, 6) is 0.269. The first-order valence-corrected chi connectivity index (χ1v) is 5.65. The highest BCUT2D eigenvalue weighted by Crippen LogP contribution is 2.11. The number of likely N-dealkylation sites (tertiary alicyclic amines) is 1. The van der Waals surface area contributed by atoms with Crippen LogP contribution in [-0.4, -0.2) is 23.9 Å². The number of aryl methyl sites for hydroxylation is 1. The third-order valence-corrected chi connectivity index (χ3v) is 3.00. The van der Waals surface area contributed by atoms with Crippen molar-refractivity contribution in [2.75, 3.05) is 13.1 Å². The summed E-state index contributed by atoms with van der Waals surface area (Å²) in [6, 6.07) is 8.35. The Morgan fingerprint density at radius 1 is 1.20 bits per heavy atom. The van der Waals surface area contributed by atoms with Gasteiger partial charge in [0.1, 0.15) is 0 Å². The molecule has 0 unspecified atom stereocenters. The van der Waals surface area contributed by atoms with E-state index in [4.69, 9.17) is 0 Å². The molecule has 0 aliphatic carbocycles. The largest absolute Gasteiger partial charge is 0.342 e. The van der Waals surface area contributed by atoms with Gasteiger partial charge < -0.3 is 4.90 Å². The Balaban J connectivity index is 1.94. The van der Waals surface area contributed by atoms with Crippen molar-refractivity contribution in [3.05, 3.63) is 35.4 Å². The minimum Gasteiger partial charge on any atom is -0.342 e. The second-order valence-electron chi connectivity index (χ2n) is 4.08. The lowest BCUT2D eigenvalue weighted by Crippen LogP contribution is -2.42. The van der Waals surface area contributed by atoms with E-state index < -0.39 is 0 Å². The number of amides is 1. The van der Waals surface area contributed by atoms with E-state index >= 15 is 0 Å². The van der Waals surface area contributed by atoms with Crippen LogP contribution in [0.2, 0.25) is 0 Å². The van der Waals surface area contributed by atoms with E-state index in [-0.39, 0.29) is 5.91 Å². The van der Waals surface area contributed by atoms with Gasteiger partial charge in [-0.25, -0.2) is 0 Å². The maximum atomic E-state index is 11.7. The van der Waals surface area contributed by atoms with E-state index in [1.54, 1.807) is 0 Å². The summed E-state index contributed by atoms with van der Waals surface area (Å²) in [5, 5.41) is 0. The fraction of sp³-hybridized carbons (Fsp3) is 0.462. The molecule has 0 N–H and O–H groups in total. The summed E-state index contributed by atoms with van der Waals surface area (Å²) >= 11 is 0. The van der Waals surface area contributed by atoms with Gasteiger partial charge in [-0.3, -0.25) is 4.79 Å². The molecular weight excluding hydrogens is 186 g/mol. The number of nitrogens with zero attached hydrogens (tertiary/aromatic N) is 1. The average Bonchev–Trinajstić information content (AvgIpc) is 2.16. The minimum absolute atomic E-state index is 0.269. The number of rotatable bonds is 3. The van der Waals surface area contributed by atoms with Gasteiger partial charge in [-0.15, -0.1) is 0 Å². The van der Waals surface area contributed by atoms with Gasteiger partial charge in [-0.05, 0) is 24.0 Å². The lowest BCUT2D eigenvalue weighted by Gasteiger charge is -2.30. The number of benzene rings is 1. The molecule has 0 atom stereocenters. The maximum absolute atomic E-state index is 11.7. The van der Waals surface area contributed by atoms with Crippen LogP contribution in [0.25, 0.3) is 0 Å². The molecule has 1 aromatic carbocycles. The second-order valence-corrected chi connectivity index (χ2v) is 4.08. The Hall–Kier alpha value is -1.31. The summed E-state index contributed by atoms with van der Waals surface area (Å²) < 4.78 is 0. The molecule has 15 heavy (non-hydrogen) atoms. The van der Waals surface area contributed by atoms with Gasteiger partial charge in [-0.2, -0.15) is 0 Å². The van der Waals surface area contributed by atoms with Crippen LogP contribution in [0.4, 0.5) is 0 Å². The van der Waals surface area contributed by atoms with Crippen LogP contribution in [-0.2, 0) is 17.6 Å². The summed E-state index contributed by atoms with van der Waals surface area (Å²) in [6.45, 7) is 4.04. The second kappa shape index (κ2) is 4.47. The fourth-order valence-corrected chi connectivity index (χ4v) is 1.74. The monoisotopic (exact) mass is 203 g/mol. The van der Waals surface area contributed by atoms with Crippen LogP contribution in [0, 0.1) is 0 Å². The molecule has 1 fully saturated rings. The molecule has 2 nitrogen and oxygen atoms in total. The standard InChI is InChI=1S/C13H17NO/c1-2-11-4-6-12(7-5-11)10-13(15)14-8-3-9-14/h4-7H,2-3,8-10H2,1H3. The third-order valence-electron chi connectivity index (χ3n) is 3.00. The first-order chi connectivity index (χ1) is 7.29. The van der Waals surface area contributed by atoms with E-state index in [2.05, 4.69) is 31.2 Å². The van der Waals surface area contributed by atoms with Gasteiger partial charge in [0.15, 0.2) is 0 Å². The molecule has 1 aromatic rings. The normalized spacial score (nSPS) is 14.9. The minimum atomic E-state index is 0.269. The highest BCUT2D eigenvalue weighted by Gasteiger charge is 2.19. The van der Waals surface area contributed by atoms with Crippen LogP contribution >= 0.6 is 0 Å². The number of hydrogen-bond donors (Lipinski definition) is 0. The van der Waals surface area contributed by atoms with Gasteiger partial charge >= 0.3 is 0 Å². The lowest BCUT2D eigenvalue weighted by molar-refractivity contribution is -0.133. The zero-order valence-corrected chi connectivity index (χ0v) is 9.20. The first-order valence-electron chi connectivity index (χ1n) is 5.65. The highest BCUT2D eigenvalue weighted by molar-refractivity contribution is 5.79. The summed E-state index contributed by atoms with van der Waals surface area (Å²) in [5.41, 5.74) is 2.46. The molecule has 0 spiro atoms. The Kier molecular flexibility index (Phi) is 3.05. The van der Waals surface area contributed by atoms with Gasteiger partial charge in [-0.1, -0.05) is 31.2 Å². The van der Waals surface area contributed by atoms with Crippen molar-refractivity contribution in [3.8, 4) is 0 Å². The van der Waals surface area contributed by atoms with Gasteiger partial charge in [0.25, 0.3) is 0 Å². The lowest BCUT2D eigenvalue weighted by atomic mass is 10.1. The Morgan fingerprint density at radius 3 is 2.27 bits per heavy atom. The number of hydrogen-bond acceptors (Lipinski definition) is 1. The molecule has 1 amide bonds. The highest BCUT2D eigenvalue weighted by atomic mass is 16.2. The summed E-state index contributed by atoms with van der Waals surface area (Å²) in [7, 11) is 0. The first kappa shape index (κ1) is 10.2. The molecule has 0 saturated carbocycles. The molecule has 1 heterocycles. The van der Waals surface area contributed by atoms with Crippen molar-refractivity contribution >= 4 is 5.91 Å².